The normalized spacial score (nSPS) is 14.6. The van der Waals surface area contributed by atoms with Crippen LogP contribution >= 0.6 is 0 Å². The predicted octanol–water partition coefficient (Wildman–Crippen LogP) is 3.23. The van der Waals surface area contributed by atoms with Gasteiger partial charge < -0.3 is 0 Å². The Hall–Kier alpha value is -1.38. The van der Waals surface area contributed by atoms with Crippen LogP contribution in [0.1, 0.15) is 69.1 Å². The van der Waals surface area contributed by atoms with E-state index in [1.807, 2.05) is 27.7 Å². The summed E-state index contributed by atoms with van der Waals surface area (Å²) in [6, 6.07) is 5.45. The maximum absolute atomic E-state index is 11.8. The number of hydrogen-bond acceptors (Lipinski definition) is 3. The minimum atomic E-state index is -3.79. The van der Waals surface area contributed by atoms with Crippen LogP contribution in [0.25, 0.3) is 0 Å². The molecule has 0 radical (unpaired) electrons. The lowest BCUT2D eigenvalue weighted by Gasteiger charge is -2.19. The van der Waals surface area contributed by atoms with Crippen molar-refractivity contribution in [3.8, 4) is 6.07 Å². The standard InChI is InChI=1S/C15H22N2O2S/c1-5-10(3)13-8-15(20(17,18)19)14(11(4)6-2)7-12(13)9-16/h7-8,10-11H,5-6H2,1-4H3,(H2,17,18,19). The van der Waals surface area contributed by atoms with E-state index in [1.54, 1.807) is 12.1 Å². The molecule has 0 saturated carbocycles. The third-order valence-corrected chi connectivity index (χ3v) is 4.86. The molecule has 1 rings (SSSR count). The summed E-state index contributed by atoms with van der Waals surface area (Å²) in [5.74, 6) is 0.164. The second-order valence-corrected chi connectivity index (χ2v) is 6.78. The fourth-order valence-electron chi connectivity index (χ4n) is 2.19. The van der Waals surface area contributed by atoms with E-state index in [4.69, 9.17) is 5.14 Å². The molecule has 0 amide bonds. The Labute approximate surface area is 121 Å². The van der Waals surface area contributed by atoms with Crippen LogP contribution in [0.15, 0.2) is 17.0 Å². The molecule has 0 aliphatic carbocycles. The van der Waals surface area contributed by atoms with E-state index in [1.165, 1.54) is 0 Å². The highest BCUT2D eigenvalue weighted by Gasteiger charge is 2.22. The van der Waals surface area contributed by atoms with Crippen molar-refractivity contribution in [1.82, 2.24) is 0 Å². The van der Waals surface area contributed by atoms with Gasteiger partial charge in [0.05, 0.1) is 16.5 Å². The number of rotatable bonds is 5. The molecule has 4 nitrogen and oxygen atoms in total. The molecule has 0 aliphatic rings. The quantitative estimate of drug-likeness (QED) is 0.904. The van der Waals surface area contributed by atoms with Gasteiger partial charge in [-0.25, -0.2) is 13.6 Å². The van der Waals surface area contributed by atoms with E-state index < -0.39 is 10.0 Å². The van der Waals surface area contributed by atoms with Crippen molar-refractivity contribution in [2.45, 2.75) is 57.3 Å². The SMILES string of the molecule is CCC(C)c1cc(S(N)(=O)=O)c(C(C)CC)cc1C#N. The number of primary sulfonamides is 1. The average molecular weight is 294 g/mol. The molecule has 2 unspecified atom stereocenters. The molecule has 0 aliphatic heterocycles. The topological polar surface area (TPSA) is 84.0 Å². The summed E-state index contributed by atoms with van der Waals surface area (Å²) in [4.78, 5) is 0.154. The van der Waals surface area contributed by atoms with E-state index in [0.717, 1.165) is 18.4 Å². The van der Waals surface area contributed by atoms with Gasteiger partial charge in [0.1, 0.15) is 0 Å². The average Bonchev–Trinajstić information content (AvgIpc) is 2.42. The lowest BCUT2D eigenvalue weighted by Crippen LogP contribution is -2.17. The van der Waals surface area contributed by atoms with E-state index in [9.17, 15) is 13.7 Å². The molecule has 2 atom stereocenters. The number of nitrogens with two attached hydrogens (primary N) is 1. The smallest absolute Gasteiger partial charge is 0.225 e. The molecule has 0 spiro atoms. The van der Waals surface area contributed by atoms with E-state index in [-0.39, 0.29) is 16.7 Å². The van der Waals surface area contributed by atoms with E-state index in [2.05, 4.69) is 6.07 Å². The van der Waals surface area contributed by atoms with Gasteiger partial charge in [-0.15, -0.1) is 0 Å². The van der Waals surface area contributed by atoms with Gasteiger partial charge in [-0.05, 0) is 47.9 Å². The van der Waals surface area contributed by atoms with Crippen molar-refractivity contribution in [2.75, 3.05) is 0 Å². The highest BCUT2D eigenvalue weighted by molar-refractivity contribution is 7.89. The van der Waals surface area contributed by atoms with Crippen LogP contribution in [-0.2, 0) is 10.0 Å². The van der Waals surface area contributed by atoms with Crippen LogP contribution in [-0.4, -0.2) is 8.42 Å². The molecule has 5 heteroatoms. The monoisotopic (exact) mass is 294 g/mol. The molecular formula is C15H22N2O2S. The Bertz CT molecular complexity index is 630. The van der Waals surface area contributed by atoms with Crippen LogP contribution in [0.4, 0.5) is 0 Å². The zero-order valence-corrected chi connectivity index (χ0v) is 13.3. The third kappa shape index (κ3) is 3.38. The first-order valence-corrected chi connectivity index (χ1v) is 8.41. The molecule has 0 heterocycles. The fourth-order valence-corrected chi connectivity index (χ4v) is 3.07. The molecule has 2 N–H and O–H groups in total. The first-order valence-electron chi connectivity index (χ1n) is 6.86. The lowest BCUT2D eigenvalue weighted by atomic mass is 9.89. The van der Waals surface area contributed by atoms with Crippen molar-refractivity contribution < 1.29 is 8.42 Å². The van der Waals surface area contributed by atoms with Crippen molar-refractivity contribution in [2.24, 2.45) is 5.14 Å². The minimum absolute atomic E-state index is 0.0430. The van der Waals surface area contributed by atoms with Gasteiger partial charge in [0, 0.05) is 0 Å². The highest BCUT2D eigenvalue weighted by Crippen LogP contribution is 2.32. The maximum atomic E-state index is 11.8. The van der Waals surface area contributed by atoms with E-state index >= 15 is 0 Å². The summed E-state index contributed by atoms with van der Waals surface area (Å²) in [7, 11) is -3.79. The largest absolute Gasteiger partial charge is 0.238 e. The second-order valence-electron chi connectivity index (χ2n) is 5.25. The van der Waals surface area contributed by atoms with Gasteiger partial charge in [0.15, 0.2) is 0 Å². The van der Waals surface area contributed by atoms with Crippen LogP contribution in [0.2, 0.25) is 0 Å². The Morgan fingerprint density at radius 2 is 1.65 bits per heavy atom. The summed E-state index contributed by atoms with van der Waals surface area (Å²) in [6.07, 6.45) is 1.62. The Kier molecular flexibility index (Phi) is 5.32. The van der Waals surface area contributed by atoms with Gasteiger partial charge >= 0.3 is 0 Å². The predicted molar refractivity (Wildman–Crippen MR) is 79.9 cm³/mol. The van der Waals surface area contributed by atoms with Crippen molar-refractivity contribution in [3.05, 3.63) is 28.8 Å². The molecule has 20 heavy (non-hydrogen) atoms. The van der Waals surface area contributed by atoms with Gasteiger partial charge in [-0.1, -0.05) is 27.7 Å². The second kappa shape index (κ2) is 6.38. The molecule has 0 fully saturated rings. The van der Waals surface area contributed by atoms with Crippen LogP contribution in [0.5, 0.6) is 0 Å². The summed E-state index contributed by atoms with van der Waals surface area (Å²) in [5, 5.41) is 14.6. The molecule has 1 aromatic carbocycles. The van der Waals surface area contributed by atoms with Crippen LogP contribution in [0, 0.1) is 11.3 Å². The molecule has 0 saturated heterocycles. The molecule has 110 valence electrons. The number of hydrogen-bond donors (Lipinski definition) is 1. The minimum Gasteiger partial charge on any atom is -0.225 e. The number of nitriles is 1. The Morgan fingerprint density at radius 1 is 1.15 bits per heavy atom. The summed E-state index contributed by atoms with van der Waals surface area (Å²) in [5.41, 5.74) is 1.94. The first-order chi connectivity index (χ1) is 9.26. The number of nitrogens with zero attached hydrogens (tertiary/aromatic N) is 1. The molecule has 0 aromatic heterocycles. The molecule has 0 bridgehead atoms. The molecule has 1 aromatic rings. The summed E-state index contributed by atoms with van der Waals surface area (Å²) >= 11 is 0. The van der Waals surface area contributed by atoms with Crippen molar-refractivity contribution >= 4 is 10.0 Å². The van der Waals surface area contributed by atoms with Crippen molar-refractivity contribution in [3.63, 3.8) is 0 Å². The Balaban J connectivity index is 3.67. The van der Waals surface area contributed by atoms with E-state index in [0.29, 0.717) is 11.1 Å². The zero-order valence-electron chi connectivity index (χ0n) is 12.5. The Morgan fingerprint density at radius 3 is 2.05 bits per heavy atom. The fraction of sp³-hybridized carbons (Fsp3) is 0.533. The lowest BCUT2D eigenvalue weighted by molar-refractivity contribution is 0.593. The molecular weight excluding hydrogens is 272 g/mol. The van der Waals surface area contributed by atoms with Gasteiger partial charge in [0.25, 0.3) is 0 Å². The van der Waals surface area contributed by atoms with Gasteiger partial charge in [-0.2, -0.15) is 5.26 Å². The van der Waals surface area contributed by atoms with Gasteiger partial charge in [-0.3, -0.25) is 0 Å². The summed E-state index contributed by atoms with van der Waals surface area (Å²) in [6.45, 7) is 7.90. The zero-order chi connectivity index (χ0) is 15.5. The number of benzene rings is 1. The summed E-state index contributed by atoms with van der Waals surface area (Å²) < 4.78 is 23.7. The first kappa shape index (κ1) is 16.7. The third-order valence-electron chi connectivity index (χ3n) is 3.90. The maximum Gasteiger partial charge on any atom is 0.238 e. The highest BCUT2D eigenvalue weighted by atomic mass is 32.2. The van der Waals surface area contributed by atoms with Gasteiger partial charge in [0.2, 0.25) is 10.0 Å². The number of sulfonamides is 1. The van der Waals surface area contributed by atoms with Crippen LogP contribution in [0.3, 0.4) is 0 Å². The van der Waals surface area contributed by atoms with Crippen molar-refractivity contribution in [1.29, 1.82) is 5.26 Å². The van der Waals surface area contributed by atoms with Crippen LogP contribution < -0.4 is 5.14 Å².